The molecule has 2 unspecified atom stereocenters. The van der Waals surface area contributed by atoms with Crippen LogP contribution in [0, 0.1) is 5.92 Å². The molecule has 2 rings (SSSR count). The van der Waals surface area contributed by atoms with Gasteiger partial charge in [-0.3, -0.25) is 0 Å². The summed E-state index contributed by atoms with van der Waals surface area (Å²) >= 11 is 0. The molecular formula is C12H19N3O. The molecule has 0 radical (unpaired) electrons. The fourth-order valence-corrected chi connectivity index (χ4v) is 2.10. The van der Waals surface area contributed by atoms with E-state index in [1.165, 1.54) is 6.42 Å². The van der Waals surface area contributed by atoms with Crippen LogP contribution in [0.4, 0.5) is 0 Å². The topological polar surface area (TPSA) is 47.0 Å². The smallest absolute Gasteiger partial charge is 0.115 e. The van der Waals surface area contributed by atoms with Crippen molar-refractivity contribution in [3.05, 3.63) is 24.3 Å². The zero-order valence-electron chi connectivity index (χ0n) is 9.72. The number of rotatable bonds is 5. The lowest BCUT2D eigenvalue weighted by molar-refractivity contribution is 0.0870. The van der Waals surface area contributed by atoms with Gasteiger partial charge in [0, 0.05) is 25.3 Å². The Labute approximate surface area is 96.4 Å². The molecule has 0 aliphatic carbocycles. The monoisotopic (exact) mass is 221 g/mol. The number of ether oxygens (including phenoxy) is 1. The number of nitrogens with zero attached hydrogens (tertiary/aromatic N) is 2. The van der Waals surface area contributed by atoms with Gasteiger partial charge < -0.3 is 10.1 Å². The van der Waals surface area contributed by atoms with Gasteiger partial charge >= 0.3 is 0 Å². The molecule has 1 aromatic rings. The summed E-state index contributed by atoms with van der Waals surface area (Å²) in [4.78, 5) is 8.21. The second-order valence-electron chi connectivity index (χ2n) is 4.18. The number of aromatic nitrogens is 2. The molecule has 2 heterocycles. The zero-order valence-corrected chi connectivity index (χ0v) is 9.72. The van der Waals surface area contributed by atoms with Crippen molar-refractivity contribution in [2.75, 3.05) is 19.7 Å². The third-order valence-electron chi connectivity index (χ3n) is 2.94. The lowest BCUT2D eigenvalue weighted by atomic mass is 9.99. The van der Waals surface area contributed by atoms with Crippen molar-refractivity contribution in [1.82, 2.24) is 15.3 Å². The number of hydrogen-bond acceptors (Lipinski definition) is 4. The van der Waals surface area contributed by atoms with E-state index < -0.39 is 0 Å². The van der Waals surface area contributed by atoms with Gasteiger partial charge in [0.25, 0.3) is 0 Å². The van der Waals surface area contributed by atoms with Crippen LogP contribution in [0.3, 0.4) is 0 Å². The molecule has 1 N–H and O–H groups in total. The highest BCUT2D eigenvalue weighted by molar-refractivity contribution is 5.05. The van der Waals surface area contributed by atoms with Crippen LogP contribution in [-0.2, 0) is 4.74 Å². The summed E-state index contributed by atoms with van der Waals surface area (Å²) in [5, 5.41) is 3.45. The van der Waals surface area contributed by atoms with Gasteiger partial charge in [-0.2, -0.15) is 0 Å². The molecule has 1 fully saturated rings. The van der Waals surface area contributed by atoms with E-state index in [9.17, 15) is 0 Å². The molecule has 0 saturated carbocycles. The molecule has 4 heteroatoms. The summed E-state index contributed by atoms with van der Waals surface area (Å²) in [7, 11) is 0. The molecule has 16 heavy (non-hydrogen) atoms. The van der Waals surface area contributed by atoms with Crippen LogP contribution >= 0.6 is 0 Å². The zero-order chi connectivity index (χ0) is 11.2. The predicted molar refractivity (Wildman–Crippen MR) is 62.0 cm³/mol. The van der Waals surface area contributed by atoms with Crippen molar-refractivity contribution >= 4 is 0 Å². The molecule has 0 aromatic carbocycles. The lowest BCUT2D eigenvalue weighted by Crippen LogP contribution is -2.25. The lowest BCUT2D eigenvalue weighted by Gasteiger charge is -2.18. The Morgan fingerprint density at radius 1 is 1.56 bits per heavy atom. The summed E-state index contributed by atoms with van der Waals surface area (Å²) in [6.07, 6.45) is 5.80. The van der Waals surface area contributed by atoms with Gasteiger partial charge in [0.05, 0.1) is 5.69 Å². The van der Waals surface area contributed by atoms with E-state index in [1.807, 2.05) is 6.07 Å². The summed E-state index contributed by atoms with van der Waals surface area (Å²) < 4.78 is 5.75. The second kappa shape index (κ2) is 5.92. The first-order valence-corrected chi connectivity index (χ1v) is 6.00. The first-order chi connectivity index (χ1) is 7.92. The highest BCUT2D eigenvalue weighted by Crippen LogP contribution is 2.32. The first-order valence-electron chi connectivity index (χ1n) is 6.00. The van der Waals surface area contributed by atoms with Crippen LogP contribution in [0.1, 0.15) is 31.6 Å². The Kier molecular flexibility index (Phi) is 4.25. The summed E-state index contributed by atoms with van der Waals surface area (Å²) in [6.45, 7) is 5.11. The van der Waals surface area contributed by atoms with Crippen LogP contribution in [0.25, 0.3) is 0 Å². The van der Waals surface area contributed by atoms with E-state index >= 15 is 0 Å². The molecule has 1 aromatic heterocycles. The molecule has 0 amide bonds. The van der Waals surface area contributed by atoms with E-state index in [0.29, 0.717) is 5.92 Å². The highest BCUT2D eigenvalue weighted by atomic mass is 16.5. The van der Waals surface area contributed by atoms with Gasteiger partial charge in [0.2, 0.25) is 0 Å². The molecule has 1 saturated heterocycles. The number of nitrogens with one attached hydrogen (secondary N) is 1. The third-order valence-corrected chi connectivity index (χ3v) is 2.94. The molecule has 1 aliphatic heterocycles. The SMILES string of the molecule is CCCNCC1CCOC1c1ccncn1. The maximum Gasteiger partial charge on any atom is 0.115 e. The van der Waals surface area contributed by atoms with Gasteiger partial charge in [0.1, 0.15) is 12.4 Å². The van der Waals surface area contributed by atoms with Crippen molar-refractivity contribution in [2.45, 2.75) is 25.9 Å². The predicted octanol–water partition coefficient (Wildman–Crippen LogP) is 1.55. The van der Waals surface area contributed by atoms with E-state index in [4.69, 9.17) is 4.74 Å². The van der Waals surface area contributed by atoms with Gasteiger partial charge in [-0.25, -0.2) is 9.97 Å². The van der Waals surface area contributed by atoms with Gasteiger partial charge in [0.15, 0.2) is 0 Å². The average molecular weight is 221 g/mol. The molecule has 4 nitrogen and oxygen atoms in total. The molecule has 0 bridgehead atoms. The largest absolute Gasteiger partial charge is 0.372 e. The van der Waals surface area contributed by atoms with E-state index in [-0.39, 0.29) is 6.10 Å². The maximum absolute atomic E-state index is 5.75. The summed E-state index contributed by atoms with van der Waals surface area (Å²) in [6, 6.07) is 1.95. The Balaban J connectivity index is 1.93. The van der Waals surface area contributed by atoms with Crippen LogP contribution < -0.4 is 5.32 Å². The van der Waals surface area contributed by atoms with Gasteiger partial charge in [-0.05, 0) is 25.5 Å². The third kappa shape index (κ3) is 2.77. The molecular weight excluding hydrogens is 202 g/mol. The fourth-order valence-electron chi connectivity index (χ4n) is 2.10. The minimum atomic E-state index is 0.146. The average Bonchev–Trinajstić information content (AvgIpc) is 2.79. The standard InChI is InChI=1S/C12H19N3O/c1-2-5-13-8-10-4-7-16-12(10)11-3-6-14-9-15-11/h3,6,9-10,12-13H,2,4-5,7-8H2,1H3. The van der Waals surface area contributed by atoms with E-state index in [1.54, 1.807) is 12.5 Å². The first kappa shape index (κ1) is 11.5. The Morgan fingerprint density at radius 2 is 2.50 bits per heavy atom. The van der Waals surface area contributed by atoms with Gasteiger partial charge in [-0.1, -0.05) is 6.92 Å². The van der Waals surface area contributed by atoms with Gasteiger partial charge in [-0.15, -0.1) is 0 Å². The molecule has 2 atom stereocenters. The quantitative estimate of drug-likeness (QED) is 0.766. The minimum absolute atomic E-state index is 0.146. The fraction of sp³-hybridized carbons (Fsp3) is 0.667. The van der Waals surface area contributed by atoms with Crippen molar-refractivity contribution < 1.29 is 4.74 Å². The maximum atomic E-state index is 5.75. The van der Waals surface area contributed by atoms with Crippen LogP contribution in [0.15, 0.2) is 18.6 Å². The molecule has 88 valence electrons. The second-order valence-corrected chi connectivity index (χ2v) is 4.18. The van der Waals surface area contributed by atoms with Crippen molar-refractivity contribution in [3.63, 3.8) is 0 Å². The molecule has 1 aliphatic rings. The van der Waals surface area contributed by atoms with Crippen LogP contribution in [0.5, 0.6) is 0 Å². The van der Waals surface area contributed by atoms with Crippen molar-refractivity contribution in [3.8, 4) is 0 Å². The summed E-state index contributed by atoms with van der Waals surface area (Å²) in [5.74, 6) is 0.543. The minimum Gasteiger partial charge on any atom is -0.372 e. The normalized spacial score (nSPS) is 24.8. The Hall–Kier alpha value is -1.00. The van der Waals surface area contributed by atoms with E-state index in [0.717, 1.165) is 31.8 Å². The summed E-state index contributed by atoms with van der Waals surface area (Å²) in [5.41, 5.74) is 1.01. The number of hydrogen-bond donors (Lipinski definition) is 1. The Bertz CT molecular complexity index is 304. The van der Waals surface area contributed by atoms with E-state index in [2.05, 4.69) is 22.2 Å². The van der Waals surface area contributed by atoms with Crippen molar-refractivity contribution in [1.29, 1.82) is 0 Å². The highest BCUT2D eigenvalue weighted by Gasteiger charge is 2.30. The molecule has 0 spiro atoms. The van der Waals surface area contributed by atoms with Crippen LogP contribution in [0.2, 0.25) is 0 Å². The van der Waals surface area contributed by atoms with Crippen LogP contribution in [-0.4, -0.2) is 29.7 Å². The Morgan fingerprint density at radius 3 is 3.25 bits per heavy atom. The van der Waals surface area contributed by atoms with Crippen molar-refractivity contribution in [2.24, 2.45) is 5.92 Å².